The summed E-state index contributed by atoms with van der Waals surface area (Å²) in [7, 11) is 0. The molecule has 0 radical (unpaired) electrons. The minimum atomic E-state index is -0.0813. The predicted octanol–water partition coefficient (Wildman–Crippen LogP) is 5.44. The Kier molecular flexibility index (Phi) is 6.60. The van der Waals surface area contributed by atoms with Crippen LogP contribution in [0.5, 0.6) is 0 Å². The number of nitrogens with one attached hydrogen (secondary N) is 2. The molecule has 3 aromatic rings. The second kappa shape index (κ2) is 9.95. The smallest absolute Gasteiger partial charge is 0.276 e. The van der Waals surface area contributed by atoms with Crippen LogP contribution in [0.3, 0.4) is 0 Å². The number of anilines is 1. The number of rotatable bonds is 8. The molecule has 2 aromatic carbocycles. The van der Waals surface area contributed by atoms with Gasteiger partial charge in [0.1, 0.15) is 12.0 Å². The van der Waals surface area contributed by atoms with E-state index in [1.54, 1.807) is 6.07 Å². The summed E-state index contributed by atoms with van der Waals surface area (Å²) < 4.78 is 4.78. The highest BCUT2D eigenvalue weighted by atomic mass is 35.5. The molecular formula is C25H27ClN6O2. The van der Waals surface area contributed by atoms with Crippen LogP contribution in [0, 0.1) is 11.4 Å². The van der Waals surface area contributed by atoms with E-state index in [1.807, 2.05) is 17.0 Å². The number of hydrogen-bond donors (Lipinski definition) is 2. The second-order valence-corrected chi connectivity index (χ2v) is 9.29. The van der Waals surface area contributed by atoms with E-state index in [-0.39, 0.29) is 5.91 Å². The Labute approximate surface area is 203 Å². The maximum atomic E-state index is 12.4. The lowest BCUT2D eigenvalue weighted by Gasteiger charge is -2.34. The van der Waals surface area contributed by atoms with E-state index in [9.17, 15) is 4.79 Å². The van der Waals surface area contributed by atoms with Gasteiger partial charge in [-0.05, 0) is 36.0 Å². The molecule has 8 nitrogen and oxygen atoms in total. The normalized spacial score (nSPS) is 16.4. The number of carbonyl (C=O) groups excluding carboxylic acids is 1. The van der Waals surface area contributed by atoms with Gasteiger partial charge in [0.05, 0.1) is 10.7 Å². The molecule has 5 rings (SSSR count). The van der Waals surface area contributed by atoms with Gasteiger partial charge < -0.3 is 14.7 Å². The van der Waals surface area contributed by atoms with Crippen LogP contribution in [0.1, 0.15) is 28.9 Å². The Bertz CT molecular complexity index is 1150. The lowest BCUT2D eigenvalue weighted by atomic mass is 10.0. The van der Waals surface area contributed by atoms with Crippen molar-refractivity contribution in [3.63, 3.8) is 0 Å². The molecule has 1 aliphatic heterocycles. The van der Waals surface area contributed by atoms with Crippen LogP contribution < -0.4 is 5.32 Å². The van der Waals surface area contributed by atoms with Crippen LogP contribution >= 0.6 is 11.6 Å². The molecule has 0 bridgehead atoms. The van der Waals surface area contributed by atoms with Gasteiger partial charge in [0.2, 0.25) is 0 Å². The quantitative estimate of drug-likeness (QED) is 0.420. The summed E-state index contributed by atoms with van der Waals surface area (Å²) in [6, 6.07) is 13.9. The Morgan fingerprint density at radius 1 is 1.12 bits per heavy atom. The highest BCUT2D eigenvalue weighted by Crippen LogP contribution is 2.41. The minimum absolute atomic E-state index is 0.0813. The van der Waals surface area contributed by atoms with Crippen molar-refractivity contribution in [1.82, 2.24) is 15.0 Å². The van der Waals surface area contributed by atoms with Crippen LogP contribution in [-0.4, -0.2) is 53.6 Å². The largest absolute Gasteiger partial charge is 0.383 e. The summed E-state index contributed by atoms with van der Waals surface area (Å²) >= 11 is 6.65. The highest BCUT2D eigenvalue weighted by molar-refractivity contribution is 6.36. The van der Waals surface area contributed by atoms with Crippen molar-refractivity contribution < 1.29 is 9.32 Å². The molecule has 0 spiro atoms. The molecule has 0 unspecified atom stereocenters. The summed E-state index contributed by atoms with van der Waals surface area (Å²) in [5, 5.41) is 11.3. The third kappa shape index (κ3) is 4.98. The molecule has 1 aliphatic carbocycles. The first-order chi connectivity index (χ1) is 16.6. The van der Waals surface area contributed by atoms with Gasteiger partial charge >= 0.3 is 0 Å². The molecule has 1 saturated heterocycles. The first-order valence-corrected chi connectivity index (χ1v) is 12.0. The van der Waals surface area contributed by atoms with Crippen LogP contribution in [0.15, 0.2) is 58.4 Å². The van der Waals surface area contributed by atoms with E-state index in [0.29, 0.717) is 29.5 Å². The summed E-state index contributed by atoms with van der Waals surface area (Å²) in [6.45, 7) is 4.66. The van der Waals surface area contributed by atoms with Gasteiger partial charge in [-0.2, -0.15) is 5.11 Å². The van der Waals surface area contributed by atoms with Crippen molar-refractivity contribution >= 4 is 28.9 Å². The molecule has 176 valence electrons. The topological polar surface area (TPSA) is 97.8 Å². The molecule has 34 heavy (non-hydrogen) atoms. The third-order valence-electron chi connectivity index (χ3n) is 6.49. The molecule has 2 heterocycles. The lowest BCUT2D eigenvalue weighted by Crippen LogP contribution is -2.48. The van der Waals surface area contributed by atoms with E-state index in [2.05, 4.69) is 44.8 Å². The second-order valence-electron chi connectivity index (χ2n) is 8.91. The van der Waals surface area contributed by atoms with E-state index in [4.69, 9.17) is 21.7 Å². The molecule has 2 N–H and O–H groups in total. The zero-order valence-electron chi connectivity index (χ0n) is 18.8. The van der Waals surface area contributed by atoms with Gasteiger partial charge in [-0.15, -0.1) is 0 Å². The molecular weight excluding hydrogens is 452 g/mol. The number of benzene rings is 2. The third-order valence-corrected chi connectivity index (χ3v) is 6.88. The molecule has 0 atom stereocenters. The fourth-order valence-corrected chi connectivity index (χ4v) is 4.57. The number of halogens is 1. The van der Waals surface area contributed by atoms with Gasteiger partial charge in [0.15, 0.2) is 5.69 Å². The van der Waals surface area contributed by atoms with Crippen molar-refractivity contribution in [2.24, 2.45) is 11.0 Å². The monoisotopic (exact) mass is 478 g/mol. The molecule has 2 fully saturated rings. The fourth-order valence-electron chi connectivity index (χ4n) is 4.26. The Morgan fingerprint density at radius 2 is 1.88 bits per heavy atom. The SMILES string of the molecule is N=Nc1c(NCC2CC2)ccc(-c2ccc(CN3CCN(C(=O)c4ccon4)CC3)cc2)c1Cl. The minimum Gasteiger partial charge on any atom is -0.383 e. The van der Waals surface area contributed by atoms with E-state index < -0.39 is 0 Å². The molecule has 9 heteroatoms. The average molecular weight is 479 g/mol. The summed E-state index contributed by atoms with van der Waals surface area (Å²) in [5.74, 6) is 0.642. The maximum absolute atomic E-state index is 12.4. The van der Waals surface area contributed by atoms with E-state index in [0.717, 1.165) is 48.9 Å². The molecule has 1 aromatic heterocycles. The Hall–Kier alpha value is -3.23. The molecule has 2 aliphatic rings. The van der Waals surface area contributed by atoms with Crippen LogP contribution in [0.25, 0.3) is 11.1 Å². The number of carbonyl (C=O) groups is 1. The highest BCUT2D eigenvalue weighted by Gasteiger charge is 2.24. The van der Waals surface area contributed by atoms with Crippen molar-refractivity contribution in [3.8, 4) is 11.1 Å². The molecule has 1 amide bonds. The van der Waals surface area contributed by atoms with Crippen LogP contribution in [0.4, 0.5) is 11.4 Å². The lowest BCUT2D eigenvalue weighted by molar-refractivity contribution is 0.0618. The van der Waals surface area contributed by atoms with E-state index in [1.165, 1.54) is 24.7 Å². The van der Waals surface area contributed by atoms with Crippen LogP contribution in [-0.2, 0) is 6.54 Å². The summed E-state index contributed by atoms with van der Waals surface area (Å²) in [6.07, 6.45) is 3.94. The maximum Gasteiger partial charge on any atom is 0.276 e. The first-order valence-electron chi connectivity index (χ1n) is 11.6. The van der Waals surface area contributed by atoms with Crippen molar-refractivity contribution in [2.45, 2.75) is 19.4 Å². The predicted molar refractivity (Wildman–Crippen MR) is 131 cm³/mol. The van der Waals surface area contributed by atoms with Gasteiger partial charge in [0, 0.05) is 50.9 Å². The number of nitrogens with zero attached hydrogens (tertiary/aromatic N) is 4. The molecule has 1 saturated carbocycles. The van der Waals surface area contributed by atoms with Gasteiger partial charge in [0.25, 0.3) is 5.91 Å². The van der Waals surface area contributed by atoms with Gasteiger partial charge in [-0.25, -0.2) is 5.53 Å². The van der Waals surface area contributed by atoms with Crippen molar-refractivity contribution in [1.29, 1.82) is 5.53 Å². The van der Waals surface area contributed by atoms with Gasteiger partial charge in [-0.3, -0.25) is 9.69 Å². The van der Waals surface area contributed by atoms with E-state index >= 15 is 0 Å². The zero-order valence-corrected chi connectivity index (χ0v) is 19.6. The number of amides is 1. The van der Waals surface area contributed by atoms with Crippen molar-refractivity contribution in [3.05, 3.63) is 65.0 Å². The average Bonchev–Trinajstić information content (AvgIpc) is 3.53. The van der Waals surface area contributed by atoms with Gasteiger partial charge in [-0.1, -0.05) is 47.1 Å². The summed E-state index contributed by atoms with van der Waals surface area (Å²) in [4.78, 5) is 16.6. The first kappa shape index (κ1) is 22.6. The number of aromatic nitrogens is 1. The Balaban J connectivity index is 1.20. The zero-order chi connectivity index (χ0) is 23.5. The number of piperazine rings is 1. The van der Waals surface area contributed by atoms with Crippen LogP contribution in [0.2, 0.25) is 5.02 Å². The number of hydrogen-bond acceptors (Lipinski definition) is 7. The Morgan fingerprint density at radius 3 is 2.53 bits per heavy atom. The standard InChI is InChI=1S/C25H27ClN6O2/c26-23-20(7-8-21(24(23)29-27)28-15-17-1-2-17)19-5-3-18(4-6-19)16-31-10-12-32(13-11-31)25(33)22-9-14-34-30-22/h3-9,14,17,27-28H,1-2,10-13,15-16H2. The fraction of sp³-hybridized carbons (Fsp3) is 0.360. The summed E-state index contributed by atoms with van der Waals surface area (Å²) in [5.41, 5.74) is 12.3. The van der Waals surface area contributed by atoms with Crippen molar-refractivity contribution in [2.75, 3.05) is 38.0 Å².